The Morgan fingerprint density at radius 3 is 2.67 bits per heavy atom. The second-order valence-electron chi connectivity index (χ2n) is 5.62. The first kappa shape index (κ1) is 16.3. The molecule has 0 saturated carbocycles. The maximum atomic E-state index is 12.8. The predicted molar refractivity (Wildman–Crippen MR) is 76.1 cm³/mol. The molecule has 0 aliphatic carbocycles. The first-order valence-corrected chi connectivity index (χ1v) is 7.42. The Balaban J connectivity index is 2.26. The number of alkyl halides is 3. The summed E-state index contributed by atoms with van der Waals surface area (Å²) in [5, 5.41) is 3.47. The predicted octanol–water partition coefficient (Wildman–Crippen LogP) is 4.09. The van der Waals surface area contributed by atoms with Gasteiger partial charge in [0.2, 0.25) is 0 Å². The molecule has 118 valence electrons. The molecule has 2 unspecified atom stereocenters. The molecule has 1 aliphatic rings. The molecule has 2 atom stereocenters. The van der Waals surface area contributed by atoms with Crippen LogP contribution in [0.3, 0.4) is 0 Å². The third-order valence-corrected chi connectivity index (χ3v) is 3.98. The van der Waals surface area contributed by atoms with Crippen LogP contribution in [0.1, 0.15) is 42.5 Å². The van der Waals surface area contributed by atoms with Crippen LogP contribution in [0.25, 0.3) is 0 Å². The maximum Gasteiger partial charge on any atom is 0.416 e. The standard InChI is InChI=1S/C16H22F3NO/c1-3-7-20-15(12-6-8-21-10-12)14-5-4-13(9-11(14)2)16(17,18)19/h4-5,9,12,15,20H,3,6-8,10H2,1-2H3. The van der Waals surface area contributed by atoms with E-state index in [1.54, 1.807) is 13.0 Å². The van der Waals surface area contributed by atoms with Gasteiger partial charge in [0.25, 0.3) is 0 Å². The van der Waals surface area contributed by atoms with Crippen LogP contribution in [-0.2, 0) is 10.9 Å². The highest BCUT2D eigenvalue weighted by atomic mass is 19.4. The zero-order valence-corrected chi connectivity index (χ0v) is 12.5. The van der Waals surface area contributed by atoms with E-state index >= 15 is 0 Å². The summed E-state index contributed by atoms with van der Waals surface area (Å²) in [6.45, 7) is 6.08. The minimum Gasteiger partial charge on any atom is -0.381 e. The smallest absolute Gasteiger partial charge is 0.381 e. The number of hydrogen-bond acceptors (Lipinski definition) is 2. The van der Waals surface area contributed by atoms with E-state index < -0.39 is 11.7 Å². The molecule has 1 aliphatic heterocycles. The van der Waals surface area contributed by atoms with E-state index in [0.717, 1.165) is 31.6 Å². The van der Waals surface area contributed by atoms with E-state index in [-0.39, 0.29) is 6.04 Å². The Morgan fingerprint density at radius 2 is 2.14 bits per heavy atom. The molecule has 1 aromatic rings. The summed E-state index contributed by atoms with van der Waals surface area (Å²) in [6, 6.07) is 4.10. The summed E-state index contributed by atoms with van der Waals surface area (Å²) in [6.07, 6.45) is -2.35. The van der Waals surface area contributed by atoms with Crippen molar-refractivity contribution >= 4 is 0 Å². The highest BCUT2D eigenvalue weighted by Gasteiger charge is 2.32. The van der Waals surface area contributed by atoms with Gasteiger partial charge in [0.15, 0.2) is 0 Å². The second-order valence-corrected chi connectivity index (χ2v) is 5.62. The van der Waals surface area contributed by atoms with Crippen molar-refractivity contribution in [2.24, 2.45) is 5.92 Å². The van der Waals surface area contributed by atoms with E-state index in [4.69, 9.17) is 4.74 Å². The number of benzene rings is 1. The van der Waals surface area contributed by atoms with Crippen molar-refractivity contribution in [2.45, 2.75) is 38.9 Å². The van der Waals surface area contributed by atoms with E-state index in [9.17, 15) is 13.2 Å². The molecule has 0 radical (unpaired) electrons. The Kier molecular flexibility index (Phi) is 5.27. The maximum absolute atomic E-state index is 12.8. The van der Waals surface area contributed by atoms with Gasteiger partial charge in [-0.3, -0.25) is 0 Å². The lowest BCUT2D eigenvalue weighted by Gasteiger charge is -2.26. The molecule has 0 spiro atoms. The number of hydrogen-bond donors (Lipinski definition) is 1. The topological polar surface area (TPSA) is 21.3 Å². The average Bonchev–Trinajstić information content (AvgIpc) is 2.93. The first-order chi connectivity index (χ1) is 9.93. The van der Waals surface area contributed by atoms with Crippen LogP contribution in [0.15, 0.2) is 18.2 Å². The quantitative estimate of drug-likeness (QED) is 0.884. The number of aryl methyl sites for hydroxylation is 1. The summed E-state index contributed by atoms with van der Waals surface area (Å²) in [7, 11) is 0. The van der Waals surface area contributed by atoms with Crippen LogP contribution in [0, 0.1) is 12.8 Å². The van der Waals surface area contributed by atoms with Crippen molar-refractivity contribution in [1.82, 2.24) is 5.32 Å². The van der Waals surface area contributed by atoms with Gasteiger partial charge in [-0.1, -0.05) is 13.0 Å². The van der Waals surface area contributed by atoms with Gasteiger partial charge in [-0.15, -0.1) is 0 Å². The monoisotopic (exact) mass is 301 g/mol. The molecule has 0 aromatic heterocycles. The first-order valence-electron chi connectivity index (χ1n) is 7.42. The lowest BCUT2D eigenvalue weighted by atomic mass is 9.88. The van der Waals surface area contributed by atoms with Crippen LogP contribution in [0.4, 0.5) is 13.2 Å². The number of nitrogens with one attached hydrogen (secondary N) is 1. The number of halogens is 3. The lowest BCUT2D eigenvalue weighted by Crippen LogP contribution is -2.30. The highest BCUT2D eigenvalue weighted by Crippen LogP contribution is 2.35. The summed E-state index contributed by atoms with van der Waals surface area (Å²) in [4.78, 5) is 0. The minimum absolute atomic E-state index is 0.0646. The molecule has 0 bridgehead atoms. The molecule has 0 amide bonds. The van der Waals surface area contributed by atoms with Crippen molar-refractivity contribution in [2.75, 3.05) is 19.8 Å². The molecule has 1 heterocycles. The summed E-state index contributed by atoms with van der Waals surface area (Å²) >= 11 is 0. The number of rotatable bonds is 5. The minimum atomic E-state index is -4.29. The largest absolute Gasteiger partial charge is 0.416 e. The van der Waals surface area contributed by atoms with Gasteiger partial charge < -0.3 is 10.1 Å². The fraction of sp³-hybridized carbons (Fsp3) is 0.625. The Bertz CT molecular complexity index is 467. The Hall–Kier alpha value is -1.07. The van der Waals surface area contributed by atoms with Gasteiger partial charge in [-0.2, -0.15) is 13.2 Å². The summed E-state index contributed by atoms with van der Waals surface area (Å²) in [5.41, 5.74) is 1.05. The van der Waals surface area contributed by atoms with Gasteiger partial charge in [-0.25, -0.2) is 0 Å². The molecule has 1 aromatic carbocycles. The Morgan fingerprint density at radius 1 is 1.38 bits per heavy atom. The molecule has 1 fully saturated rings. The lowest BCUT2D eigenvalue weighted by molar-refractivity contribution is -0.137. The fourth-order valence-electron chi connectivity index (χ4n) is 2.85. The third-order valence-electron chi connectivity index (χ3n) is 3.98. The van der Waals surface area contributed by atoms with Crippen LogP contribution in [0.5, 0.6) is 0 Å². The number of ether oxygens (including phenoxy) is 1. The van der Waals surface area contributed by atoms with Crippen LogP contribution < -0.4 is 5.32 Å². The van der Waals surface area contributed by atoms with Crippen LogP contribution in [-0.4, -0.2) is 19.8 Å². The van der Waals surface area contributed by atoms with E-state index in [2.05, 4.69) is 12.2 Å². The summed E-state index contributed by atoms with van der Waals surface area (Å²) < 4.78 is 43.7. The molecule has 2 nitrogen and oxygen atoms in total. The van der Waals surface area contributed by atoms with Crippen molar-refractivity contribution in [1.29, 1.82) is 0 Å². The van der Waals surface area contributed by atoms with Crippen molar-refractivity contribution < 1.29 is 17.9 Å². The second kappa shape index (κ2) is 6.79. The summed E-state index contributed by atoms with van der Waals surface area (Å²) in [5.74, 6) is 0.326. The van der Waals surface area contributed by atoms with Gasteiger partial charge in [0.05, 0.1) is 12.2 Å². The molecular weight excluding hydrogens is 279 g/mol. The normalized spacial score (nSPS) is 20.7. The van der Waals surface area contributed by atoms with E-state index in [1.165, 1.54) is 12.1 Å². The molecule has 1 N–H and O–H groups in total. The molecule has 21 heavy (non-hydrogen) atoms. The Labute approximate surface area is 123 Å². The average molecular weight is 301 g/mol. The van der Waals surface area contributed by atoms with Crippen molar-refractivity contribution in [3.05, 3.63) is 34.9 Å². The van der Waals surface area contributed by atoms with Crippen LogP contribution >= 0.6 is 0 Å². The van der Waals surface area contributed by atoms with Crippen molar-refractivity contribution in [3.63, 3.8) is 0 Å². The SMILES string of the molecule is CCCNC(c1ccc(C(F)(F)F)cc1C)C1CCOC1. The van der Waals surface area contributed by atoms with E-state index in [1.807, 2.05) is 0 Å². The van der Waals surface area contributed by atoms with E-state index in [0.29, 0.717) is 18.1 Å². The van der Waals surface area contributed by atoms with Crippen LogP contribution in [0.2, 0.25) is 0 Å². The fourth-order valence-corrected chi connectivity index (χ4v) is 2.85. The van der Waals surface area contributed by atoms with Gasteiger partial charge >= 0.3 is 6.18 Å². The molecule has 5 heteroatoms. The van der Waals surface area contributed by atoms with Gasteiger partial charge in [0, 0.05) is 18.6 Å². The molecule has 2 rings (SSSR count). The molecule has 1 saturated heterocycles. The zero-order chi connectivity index (χ0) is 15.5. The third kappa shape index (κ3) is 3.98. The zero-order valence-electron chi connectivity index (χ0n) is 12.5. The highest BCUT2D eigenvalue weighted by molar-refractivity contribution is 5.35. The van der Waals surface area contributed by atoms with Gasteiger partial charge in [-0.05, 0) is 49.6 Å². The molecular formula is C16H22F3NO. The van der Waals surface area contributed by atoms with Gasteiger partial charge in [0.1, 0.15) is 0 Å². The van der Waals surface area contributed by atoms with Crippen molar-refractivity contribution in [3.8, 4) is 0 Å².